The van der Waals surface area contributed by atoms with Gasteiger partial charge >= 0.3 is 0 Å². The van der Waals surface area contributed by atoms with E-state index in [1.807, 2.05) is 6.92 Å². The highest BCUT2D eigenvalue weighted by atomic mass is 19.1. The fourth-order valence-electron chi connectivity index (χ4n) is 2.68. The maximum absolute atomic E-state index is 14.2. The Labute approximate surface area is 150 Å². The average Bonchev–Trinajstić information content (AvgIpc) is 2.61. The highest BCUT2D eigenvalue weighted by Crippen LogP contribution is 2.26. The molecule has 0 fully saturated rings. The van der Waals surface area contributed by atoms with Gasteiger partial charge in [-0.1, -0.05) is 29.8 Å². The number of aromatic nitrogens is 1. The minimum Gasteiger partial charge on any atom is -0.318 e. The van der Waals surface area contributed by atoms with Gasteiger partial charge in [-0.15, -0.1) is 0 Å². The Morgan fingerprint density at radius 2 is 1.73 bits per heavy atom. The number of carbonyl (C=O) groups is 1. The maximum Gasteiger partial charge on any atom is 0.274 e. The van der Waals surface area contributed by atoms with Crippen LogP contribution in [0.5, 0.6) is 0 Å². The molecule has 0 saturated carbocycles. The zero-order valence-electron chi connectivity index (χ0n) is 14.7. The molecule has 1 aromatic heterocycles. The Kier molecular flexibility index (Phi) is 4.80. The number of halogens is 2. The summed E-state index contributed by atoms with van der Waals surface area (Å²) >= 11 is 0. The van der Waals surface area contributed by atoms with E-state index >= 15 is 0 Å². The summed E-state index contributed by atoms with van der Waals surface area (Å²) < 4.78 is 28.3. The number of amides is 1. The predicted octanol–water partition coefficient (Wildman–Crippen LogP) is 5.20. The molecule has 0 atom stereocenters. The molecule has 5 heteroatoms. The molecule has 0 radical (unpaired) electrons. The Morgan fingerprint density at radius 1 is 0.962 bits per heavy atom. The van der Waals surface area contributed by atoms with Gasteiger partial charge in [0.15, 0.2) is 0 Å². The Bertz CT molecular complexity index is 999. The van der Waals surface area contributed by atoms with Gasteiger partial charge in [-0.3, -0.25) is 4.79 Å². The van der Waals surface area contributed by atoms with Gasteiger partial charge in [-0.25, -0.2) is 13.8 Å². The largest absolute Gasteiger partial charge is 0.318 e. The molecule has 3 rings (SSSR count). The lowest BCUT2D eigenvalue weighted by Crippen LogP contribution is -2.15. The lowest BCUT2D eigenvalue weighted by Gasteiger charge is -2.11. The minimum absolute atomic E-state index is 0.0839. The second-order valence-electron chi connectivity index (χ2n) is 6.24. The zero-order valence-corrected chi connectivity index (χ0v) is 14.7. The molecular weight excluding hydrogens is 334 g/mol. The third-order valence-corrected chi connectivity index (χ3v) is 4.15. The number of pyridine rings is 1. The molecule has 0 aliphatic heterocycles. The topological polar surface area (TPSA) is 42.0 Å². The van der Waals surface area contributed by atoms with Crippen molar-refractivity contribution in [1.29, 1.82) is 0 Å². The smallest absolute Gasteiger partial charge is 0.274 e. The standard InChI is InChI=1S/C21H18F2N2O/c1-12-7-9-16(22)15(11-12)20-14(3)8-10-18(24-20)21(26)25-17-6-4-5-13(2)19(17)23/h4-11H,1-3H3,(H,25,26). The van der Waals surface area contributed by atoms with Gasteiger partial charge in [0.1, 0.15) is 17.3 Å². The van der Waals surface area contributed by atoms with Crippen LogP contribution in [0.15, 0.2) is 48.5 Å². The van der Waals surface area contributed by atoms with Crippen LogP contribution in [-0.4, -0.2) is 10.9 Å². The Hall–Kier alpha value is -3.08. The molecule has 3 nitrogen and oxygen atoms in total. The summed E-state index contributed by atoms with van der Waals surface area (Å²) in [4.78, 5) is 16.8. The zero-order chi connectivity index (χ0) is 18.8. The molecular formula is C21H18F2N2O. The number of anilines is 1. The fourth-order valence-corrected chi connectivity index (χ4v) is 2.68. The minimum atomic E-state index is -0.552. The van der Waals surface area contributed by atoms with Crippen LogP contribution in [0, 0.1) is 32.4 Å². The van der Waals surface area contributed by atoms with Crippen molar-refractivity contribution in [2.75, 3.05) is 5.32 Å². The van der Waals surface area contributed by atoms with E-state index in [0.717, 1.165) is 11.1 Å². The summed E-state index contributed by atoms with van der Waals surface area (Å²) in [5.74, 6) is -1.45. The van der Waals surface area contributed by atoms with Crippen LogP contribution in [0.3, 0.4) is 0 Å². The van der Waals surface area contributed by atoms with E-state index in [1.54, 1.807) is 44.2 Å². The van der Waals surface area contributed by atoms with Crippen molar-refractivity contribution in [2.24, 2.45) is 0 Å². The highest BCUT2D eigenvalue weighted by Gasteiger charge is 2.16. The summed E-state index contributed by atoms with van der Waals surface area (Å²) in [5.41, 5.74) is 2.96. The quantitative estimate of drug-likeness (QED) is 0.703. The van der Waals surface area contributed by atoms with Gasteiger partial charge in [0.2, 0.25) is 0 Å². The lowest BCUT2D eigenvalue weighted by atomic mass is 10.0. The first-order chi connectivity index (χ1) is 12.4. The van der Waals surface area contributed by atoms with E-state index in [9.17, 15) is 13.6 Å². The van der Waals surface area contributed by atoms with E-state index in [2.05, 4.69) is 10.3 Å². The summed E-state index contributed by atoms with van der Waals surface area (Å²) in [5, 5.41) is 2.52. The van der Waals surface area contributed by atoms with Crippen LogP contribution in [0.4, 0.5) is 14.5 Å². The van der Waals surface area contributed by atoms with Gasteiger partial charge in [0, 0.05) is 5.56 Å². The van der Waals surface area contributed by atoms with Gasteiger partial charge in [-0.05, 0) is 56.2 Å². The van der Waals surface area contributed by atoms with E-state index in [4.69, 9.17) is 0 Å². The maximum atomic E-state index is 14.2. The molecule has 0 spiro atoms. The van der Waals surface area contributed by atoms with Crippen molar-refractivity contribution in [3.8, 4) is 11.3 Å². The molecule has 3 aromatic rings. The fraction of sp³-hybridized carbons (Fsp3) is 0.143. The van der Waals surface area contributed by atoms with E-state index in [0.29, 0.717) is 16.8 Å². The van der Waals surface area contributed by atoms with Crippen LogP contribution >= 0.6 is 0 Å². The van der Waals surface area contributed by atoms with Crippen LogP contribution < -0.4 is 5.32 Å². The van der Waals surface area contributed by atoms with E-state index < -0.39 is 17.5 Å². The van der Waals surface area contributed by atoms with Gasteiger partial charge in [-0.2, -0.15) is 0 Å². The monoisotopic (exact) mass is 352 g/mol. The van der Waals surface area contributed by atoms with Crippen molar-refractivity contribution >= 4 is 11.6 Å². The van der Waals surface area contributed by atoms with E-state index in [-0.39, 0.29) is 11.4 Å². The summed E-state index contributed by atoms with van der Waals surface area (Å²) in [6, 6.07) is 12.7. The molecule has 0 bridgehead atoms. The van der Waals surface area contributed by atoms with Crippen molar-refractivity contribution in [2.45, 2.75) is 20.8 Å². The SMILES string of the molecule is Cc1ccc(F)c(-c2nc(C(=O)Nc3cccc(C)c3F)ccc2C)c1. The molecule has 1 N–H and O–H groups in total. The first-order valence-electron chi connectivity index (χ1n) is 8.17. The second-order valence-corrected chi connectivity index (χ2v) is 6.24. The first-order valence-corrected chi connectivity index (χ1v) is 8.17. The number of nitrogens with one attached hydrogen (secondary N) is 1. The average molecular weight is 352 g/mol. The van der Waals surface area contributed by atoms with Crippen molar-refractivity contribution < 1.29 is 13.6 Å². The summed E-state index contributed by atoms with van der Waals surface area (Å²) in [6.45, 7) is 5.27. The number of hydrogen-bond acceptors (Lipinski definition) is 2. The van der Waals surface area contributed by atoms with Crippen LogP contribution in [-0.2, 0) is 0 Å². The molecule has 0 saturated heterocycles. The third-order valence-electron chi connectivity index (χ3n) is 4.15. The van der Waals surface area contributed by atoms with Crippen molar-refractivity contribution in [3.63, 3.8) is 0 Å². The summed E-state index contributed by atoms with van der Waals surface area (Å²) in [7, 11) is 0. The summed E-state index contributed by atoms with van der Waals surface area (Å²) in [6.07, 6.45) is 0. The van der Waals surface area contributed by atoms with Crippen LogP contribution in [0.2, 0.25) is 0 Å². The van der Waals surface area contributed by atoms with Crippen molar-refractivity contribution in [1.82, 2.24) is 4.98 Å². The number of rotatable bonds is 3. The molecule has 1 amide bonds. The molecule has 0 aliphatic carbocycles. The number of hydrogen-bond donors (Lipinski definition) is 1. The predicted molar refractivity (Wildman–Crippen MR) is 98.2 cm³/mol. The number of aryl methyl sites for hydroxylation is 3. The number of nitrogens with zero attached hydrogens (tertiary/aromatic N) is 1. The lowest BCUT2D eigenvalue weighted by molar-refractivity contribution is 0.102. The van der Waals surface area contributed by atoms with Gasteiger partial charge < -0.3 is 5.32 Å². The van der Waals surface area contributed by atoms with Gasteiger partial charge in [0.05, 0.1) is 11.4 Å². The first kappa shape index (κ1) is 17.7. The van der Waals surface area contributed by atoms with Crippen LogP contribution in [0.1, 0.15) is 27.2 Å². The van der Waals surface area contributed by atoms with Gasteiger partial charge in [0.25, 0.3) is 5.91 Å². The third kappa shape index (κ3) is 3.47. The molecule has 1 heterocycles. The Balaban J connectivity index is 1.98. The molecule has 0 unspecified atom stereocenters. The molecule has 26 heavy (non-hydrogen) atoms. The highest BCUT2D eigenvalue weighted by molar-refractivity contribution is 6.03. The number of benzene rings is 2. The molecule has 0 aliphatic rings. The second kappa shape index (κ2) is 7.04. The van der Waals surface area contributed by atoms with E-state index in [1.165, 1.54) is 18.2 Å². The van der Waals surface area contributed by atoms with Crippen LogP contribution in [0.25, 0.3) is 11.3 Å². The molecule has 132 valence electrons. The normalized spacial score (nSPS) is 10.7. The molecule has 2 aromatic carbocycles. The van der Waals surface area contributed by atoms with Crippen molar-refractivity contribution in [3.05, 3.63) is 82.5 Å². The Morgan fingerprint density at radius 3 is 2.50 bits per heavy atom. The number of carbonyl (C=O) groups excluding carboxylic acids is 1.